The molecule has 0 aromatic heterocycles. The van der Waals surface area contributed by atoms with Crippen molar-refractivity contribution >= 4 is 0 Å². The maximum absolute atomic E-state index is 11.3. The van der Waals surface area contributed by atoms with Crippen LogP contribution in [0.25, 0.3) is 0 Å². The zero-order valence-electron chi connectivity index (χ0n) is 43.4. The van der Waals surface area contributed by atoms with E-state index in [-0.39, 0.29) is 63.7 Å². The van der Waals surface area contributed by atoms with Gasteiger partial charge in [-0.15, -0.1) is 0 Å². The zero-order valence-corrected chi connectivity index (χ0v) is 43.4. The van der Waals surface area contributed by atoms with E-state index in [0.717, 1.165) is 56.0 Å². The minimum Gasteiger partial charge on any atom is -0.491 e. The minimum absolute atomic E-state index is 0.00321. The molecule has 0 bridgehead atoms. The maximum Gasteiger partial charge on any atom is 0.122 e. The van der Waals surface area contributed by atoms with Crippen LogP contribution in [0.4, 0.5) is 0 Å². The smallest absolute Gasteiger partial charge is 0.122 e. The summed E-state index contributed by atoms with van der Waals surface area (Å²) in [6, 6.07) is 61.9. The molecule has 6 unspecified atom stereocenters. The van der Waals surface area contributed by atoms with E-state index >= 15 is 0 Å². The molecule has 11 nitrogen and oxygen atoms in total. The molecule has 0 amide bonds. The van der Waals surface area contributed by atoms with Crippen molar-refractivity contribution in [2.24, 2.45) is 0 Å². The van der Waals surface area contributed by atoms with E-state index in [4.69, 9.17) is 28.4 Å². The fourth-order valence-corrected chi connectivity index (χ4v) is 12.2. The van der Waals surface area contributed by atoms with Crippen molar-refractivity contribution in [1.82, 2.24) is 0 Å². The lowest BCUT2D eigenvalue weighted by molar-refractivity contribution is 0.0626. The van der Waals surface area contributed by atoms with Crippen LogP contribution in [0, 0.1) is 0 Å². The molecule has 2 heterocycles. The average molecular weight is 1050 g/mol. The van der Waals surface area contributed by atoms with Crippen molar-refractivity contribution in [3.8, 4) is 23.0 Å². The first-order chi connectivity index (χ1) is 38.3. The van der Waals surface area contributed by atoms with Crippen LogP contribution >= 0.6 is 0 Å². The monoisotopic (exact) mass is 1040 g/mol. The van der Waals surface area contributed by atoms with Crippen molar-refractivity contribution in [2.45, 2.75) is 80.2 Å². The summed E-state index contributed by atoms with van der Waals surface area (Å²) >= 11 is 0. The van der Waals surface area contributed by atoms with Crippen LogP contribution in [-0.2, 0) is 46.7 Å². The van der Waals surface area contributed by atoms with Crippen LogP contribution in [0.2, 0.25) is 0 Å². The van der Waals surface area contributed by atoms with Gasteiger partial charge in [-0.05, 0) is 139 Å². The largest absolute Gasteiger partial charge is 0.491 e. The second-order valence-corrected chi connectivity index (χ2v) is 21.1. The average Bonchev–Trinajstić information content (AvgIpc) is 4.53. The first kappa shape index (κ1) is 51.4. The van der Waals surface area contributed by atoms with Crippen molar-refractivity contribution in [3.05, 3.63) is 260 Å². The summed E-state index contributed by atoms with van der Waals surface area (Å²) in [5.41, 5.74) is 12.4. The van der Waals surface area contributed by atoms with Gasteiger partial charge in [0.2, 0.25) is 0 Å². The third-order valence-corrected chi connectivity index (χ3v) is 16.5. The molecule has 78 heavy (non-hydrogen) atoms. The first-order valence-corrected chi connectivity index (χ1v) is 27.0. The van der Waals surface area contributed by atoms with Gasteiger partial charge < -0.3 is 54.0 Å². The number of ether oxygens (including phenoxy) is 6. The summed E-state index contributed by atoms with van der Waals surface area (Å²) in [7, 11) is 0. The fourth-order valence-electron chi connectivity index (χ4n) is 12.2. The van der Waals surface area contributed by atoms with Crippen molar-refractivity contribution in [1.29, 1.82) is 0 Å². The number of fused-ring (bicyclic) bond motifs is 2. The fraction of sp³-hybridized carbons (Fsp3) is 0.284. The minimum atomic E-state index is -0.946. The van der Waals surface area contributed by atoms with E-state index in [9.17, 15) is 25.5 Å². The lowest BCUT2D eigenvalue weighted by Crippen LogP contribution is -2.28. The number of aliphatic hydroxyl groups excluding tert-OH is 5. The molecule has 11 heteroatoms. The second-order valence-electron chi connectivity index (χ2n) is 21.1. The maximum atomic E-state index is 11.3. The van der Waals surface area contributed by atoms with Crippen LogP contribution in [-0.4, -0.2) is 83.5 Å². The van der Waals surface area contributed by atoms with E-state index in [0.29, 0.717) is 73.0 Å². The van der Waals surface area contributed by atoms with E-state index < -0.39 is 16.9 Å². The van der Waals surface area contributed by atoms with Gasteiger partial charge in [0.05, 0.1) is 39.6 Å². The number of hydrogen-bond acceptors (Lipinski definition) is 11. The summed E-state index contributed by atoms with van der Waals surface area (Å²) in [6.45, 7) is 1.66. The Kier molecular flexibility index (Phi) is 14.6. The quantitative estimate of drug-likeness (QED) is 0.0411. The molecule has 4 aliphatic rings. The molecule has 0 saturated carbocycles. The molecule has 0 spiro atoms. The van der Waals surface area contributed by atoms with Crippen molar-refractivity contribution in [2.75, 3.05) is 39.6 Å². The molecule has 8 aromatic rings. The summed E-state index contributed by atoms with van der Waals surface area (Å²) in [4.78, 5) is 0. The van der Waals surface area contributed by atoms with Crippen LogP contribution in [0.3, 0.4) is 0 Å². The Balaban J connectivity index is 0.788. The molecular formula is C67H64O11. The molecule has 2 saturated heterocycles. The predicted octanol–water partition coefficient (Wildman–Crippen LogP) is 9.77. The number of aliphatic hydroxyl groups is 5. The molecule has 2 aliphatic carbocycles. The lowest BCUT2D eigenvalue weighted by atomic mass is 9.69. The molecule has 8 aromatic carbocycles. The molecule has 398 valence electrons. The van der Waals surface area contributed by atoms with Gasteiger partial charge in [-0.1, -0.05) is 133 Å². The molecule has 5 N–H and O–H groups in total. The topological polar surface area (TPSA) is 163 Å². The van der Waals surface area contributed by atoms with Gasteiger partial charge in [0.15, 0.2) is 0 Å². The first-order valence-electron chi connectivity index (χ1n) is 27.0. The Morgan fingerprint density at radius 2 is 0.718 bits per heavy atom. The van der Waals surface area contributed by atoms with Crippen LogP contribution in [0.5, 0.6) is 23.0 Å². The van der Waals surface area contributed by atoms with E-state index in [1.807, 2.05) is 60.7 Å². The van der Waals surface area contributed by atoms with E-state index in [1.54, 1.807) is 0 Å². The van der Waals surface area contributed by atoms with Gasteiger partial charge in [0.1, 0.15) is 67.7 Å². The van der Waals surface area contributed by atoms with Gasteiger partial charge in [-0.2, -0.15) is 0 Å². The highest BCUT2D eigenvalue weighted by Crippen LogP contribution is 2.58. The summed E-state index contributed by atoms with van der Waals surface area (Å²) in [5, 5.41) is 53.4. The summed E-state index contributed by atoms with van der Waals surface area (Å²) < 4.78 is 35.4. The Bertz CT molecular complexity index is 3100. The predicted molar refractivity (Wildman–Crippen MR) is 295 cm³/mol. The van der Waals surface area contributed by atoms with Crippen LogP contribution in [0.1, 0.15) is 103 Å². The van der Waals surface area contributed by atoms with Crippen LogP contribution in [0.15, 0.2) is 182 Å². The number of benzene rings is 8. The van der Waals surface area contributed by atoms with Gasteiger partial charge >= 0.3 is 0 Å². The number of hydrogen-bond donors (Lipinski definition) is 5. The van der Waals surface area contributed by atoms with Crippen molar-refractivity contribution in [3.63, 3.8) is 0 Å². The second kappa shape index (κ2) is 22.2. The third kappa shape index (κ3) is 10.1. The third-order valence-electron chi connectivity index (χ3n) is 16.5. The standard InChI is InChI=1S/C67H64O11/c68-33-45-27-60-62(43-7-3-1-4-8-43)31-66(64(60)29-47(45)35-70,51-15-23-56(24-16-51)75-39-58-41-77-58)49-11-19-54(20-12-49)73-37-53(72)38-74-55-21-13-50(14-22-55)67(52-17-25-57(26-18-52)76-40-59-42-78-59)32-63(44-9-5-2-6-10-44)61-28-46(34-69)48(36-71)30-65(61)67/h1-30,53,58-59,62-63,68-72H,31-42H2. The summed E-state index contributed by atoms with van der Waals surface area (Å²) in [6.07, 6.45) is 0.733. The molecule has 0 radical (unpaired) electrons. The Labute approximate surface area is 454 Å². The Morgan fingerprint density at radius 1 is 0.410 bits per heavy atom. The highest BCUT2D eigenvalue weighted by atomic mass is 16.6. The highest BCUT2D eigenvalue weighted by Gasteiger charge is 2.49. The molecular weight excluding hydrogens is 981 g/mol. The number of rotatable bonds is 22. The zero-order chi connectivity index (χ0) is 53.2. The normalized spacial score (nSPS) is 22.1. The molecule has 2 aliphatic heterocycles. The van der Waals surface area contributed by atoms with Crippen molar-refractivity contribution < 1.29 is 54.0 Å². The van der Waals surface area contributed by atoms with Gasteiger partial charge in [0, 0.05) is 22.7 Å². The van der Waals surface area contributed by atoms with Crippen LogP contribution < -0.4 is 18.9 Å². The highest BCUT2D eigenvalue weighted by molar-refractivity contribution is 5.65. The SMILES string of the molecule is OCc1cc2c(cc1CO)C(c1ccc(OCC(O)COc3ccc(C4(c5ccc(OCC6CO6)cc5)CC(c5ccccc5)c5cc(CO)c(CO)cc54)cc3)cc1)(c1ccc(OCC3CO3)cc1)CC2c1ccccc1. The van der Waals surface area contributed by atoms with Gasteiger partial charge in [0.25, 0.3) is 0 Å². The Morgan fingerprint density at radius 3 is 1.03 bits per heavy atom. The number of epoxide rings is 2. The van der Waals surface area contributed by atoms with Gasteiger partial charge in [-0.3, -0.25) is 0 Å². The van der Waals surface area contributed by atoms with E-state index in [2.05, 4.69) is 121 Å². The van der Waals surface area contributed by atoms with Gasteiger partial charge in [-0.25, -0.2) is 0 Å². The molecule has 6 atom stereocenters. The lowest BCUT2D eigenvalue weighted by Gasteiger charge is -2.33. The molecule has 2 fully saturated rings. The van der Waals surface area contributed by atoms with E-state index in [1.165, 1.54) is 11.1 Å². The summed E-state index contributed by atoms with van der Waals surface area (Å²) in [5.74, 6) is 2.72. The Hall–Kier alpha value is -7.32. The molecule has 12 rings (SSSR count).